The van der Waals surface area contributed by atoms with Crippen molar-refractivity contribution in [1.29, 1.82) is 0 Å². The van der Waals surface area contributed by atoms with Crippen LogP contribution in [0, 0.1) is 5.82 Å². The van der Waals surface area contributed by atoms with Crippen molar-refractivity contribution in [2.45, 2.75) is 13.0 Å². The van der Waals surface area contributed by atoms with Crippen LogP contribution in [0.1, 0.15) is 6.92 Å². The molecule has 7 heteroatoms. The average Bonchev–Trinajstić information content (AvgIpc) is 2.29. The normalized spacial score (nSPS) is 11.9. The van der Waals surface area contributed by atoms with E-state index >= 15 is 0 Å². The summed E-state index contributed by atoms with van der Waals surface area (Å²) in [7, 11) is 0. The minimum absolute atomic E-state index is 0.00539. The molecule has 18 heavy (non-hydrogen) atoms. The summed E-state index contributed by atoms with van der Waals surface area (Å²) < 4.78 is 13.3. The van der Waals surface area contributed by atoms with Crippen LogP contribution in [0.25, 0.3) is 0 Å². The fraction of sp³-hybridized carbons (Fsp3) is 0.273. The molecule has 0 aliphatic heterocycles. The highest BCUT2D eigenvalue weighted by Crippen LogP contribution is 2.18. The second-order valence-corrected chi connectivity index (χ2v) is 4.05. The molecule has 0 spiro atoms. The van der Waals surface area contributed by atoms with Gasteiger partial charge in [0.05, 0.1) is 12.2 Å². The molecule has 0 aliphatic rings. The summed E-state index contributed by atoms with van der Waals surface area (Å²) in [6.07, 6.45) is 0. The first-order valence-corrected chi connectivity index (χ1v) is 5.49. The maximum absolute atomic E-state index is 13.3. The van der Waals surface area contributed by atoms with E-state index in [1.807, 2.05) is 0 Å². The average molecular weight is 275 g/mol. The van der Waals surface area contributed by atoms with Crippen LogP contribution >= 0.6 is 11.6 Å². The largest absolute Gasteiger partial charge is 0.480 e. The van der Waals surface area contributed by atoms with Gasteiger partial charge < -0.3 is 10.4 Å². The number of nitrogens with one attached hydrogen (secondary N) is 2. The Balaban J connectivity index is 2.52. The van der Waals surface area contributed by atoms with Crippen LogP contribution < -0.4 is 10.6 Å². The predicted molar refractivity (Wildman–Crippen MR) is 65.1 cm³/mol. The summed E-state index contributed by atoms with van der Waals surface area (Å²) in [4.78, 5) is 21.9. The minimum Gasteiger partial charge on any atom is -0.480 e. The van der Waals surface area contributed by atoms with E-state index in [0.717, 1.165) is 6.07 Å². The number of hydrogen-bond acceptors (Lipinski definition) is 3. The van der Waals surface area contributed by atoms with Crippen LogP contribution in [0.15, 0.2) is 18.2 Å². The molecule has 0 saturated carbocycles. The van der Waals surface area contributed by atoms with Gasteiger partial charge in [-0.3, -0.25) is 14.9 Å². The van der Waals surface area contributed by atoms with Gasteiger partial charge in [-0.05, 0) is 25.1 Å². The van der Waals surface area contributed by atoms with Crippen molar-refractivity contribution in [3.63, 3.8) is 0 Å². The molecule has 0 fully saturated rings. The highest BCUT2D eigenvalue weighted by atomic mass is 35.5. The molecule has 0 aromatic heterocycles. The van der Waals surface area contributed by atoms with E-state index < -0.39 is 23.7 Å². The molecule has 5 nitrogen and oxygen atoms in total. The van der Waals surface area contributed by atoms with E-state index in [-0.39, 0.29) is 17.3 Å². The van der Waals surface area contributed by atoms with Crippen LogP contribution in [0.3, 0.4) is 0 Å². The number of aliphatic carboxylic acids is 1. The molecule has 0 aliphatic carbocycles. The lowest BCUT2D eigenvalue weighted by molar-refractivity contribution is -0.139. The fourth-order valence-electron chi connectivity index (χ4n) is 1.12. The number of anilines is 1. The van der Waals surface area contributed by atoms with Gasteiger partial charge in [-0.15, -0.1) is 0 Å². The van der Waals surface area contributed by atoms with Crippen molar-refractivity contribution in [3.05, 3.63) is 29.0 Å². The maximum atomic E-state index is 13.3. The lowest BCUT2D eigenvalue weighted by Crippen LogP contribution is -2.39. The molecule has 98 valence electrons. The molecule has 1 amide bonds. The zero-order valence-corrected chi connectivity index (χ0v) is 10.3. The Morgan fingerprint density at radius 1 is 1.50 bits per heavy atom. The number of carboxylic acid groups (broad SMARTS) is 1. The molecular weight excluding hydrogens is 263 g/mol. The number of benzene rings is 1. The molecule has 1 aromatic rings. The summed E-state index contributed by atoms with van der Waals surface area (Å²) in [6.45, 7) is 1.17. The molecule has 0 radical (unpaired) electrons. The number of halogens is 2. The van der Waals surface area contributed by atoms with Crippen molar-refractivity contribution >= 4 is 29.2 Å². The molecule has 0 saturated heterocycles. The Morgan fingerprint density at radius 2 is 2.17 bits per heavy atom. The first kappa shape index (κ1) is 14.4. The maximum Gasteiger partial charge on any atom is 0.320 e. The van der Waals surface area contributed by atoms with E-state index in [1.54, 1.807) is 0 Å². The molecule has 0 heterocycles. The van der Waals surface area contributed by atoms with Crippen molar-refractivity contribution in [1.82, 2.24) is 5.32 Å². The zero-order chi connectivity index (χ0) is 13.7. The van der Waals surface area contributed by atoms with E-state index in [0.29, 0.717) is 0 Å². The predicted octanol–water partition coefficient (Wildman–Crippen LogP) is 1.48. The lowest BCUT2D eigenvalue weighted by atomic mass is 10.3. The Hall–Kier alpha value is -1.66. The number of hydrogen-bond donors (Lipinski definition) is 3. The Labute approximate surface area is 108 Å². The second kappa shape index (κ2) is 6.32. The Bertz CT molecular complexity index is 468. The van der Waals surface area contributed by atoms with Gasteiger partial charge in [0.2, 0.25) is 5.91 Å². The van der Waals surface area contributed by atoms with E-state index in [2.05, 4.69) is 10.6 Å². The second-order valence-electron chi connectivity index (χ2n) is 3.61. The zero-order valence-electron chi connectivity index (χ0n) is 9.54. The molecule has 3 N–H and O–H groups in total. The van der Waals surface area contributed by atoms with Crippen LogP contribution in [-0.2, 0) is 9.59 Å². The molecule has 0 unspecified atom stereocenters. The van der Waals surface area contributed by atoms with Crippen molar-refractivity contribution in [2.75, 3.05) is 11.9 Å². The molecule has 1 aromatic carbocycles. The SMILES string of the molecule is C[C@@H](NCC(=O)Nc1ccc(Cl)cc1F)C(=O)O. The van der Waals surface area contributed by atoms with Crippen molar-refractivity contribution in [2.24, 2.45) is 0 Å². The van der Waals surface area contributed by atoms with Gasteiger partial charge in [-0.1, -0.05) is 11.6 Å². The Kier molecular flexibility index (Phi) is 5.06. The van der Waals surface area contributed by atoms with E-state index in [4.69, 9.17) is 16.7 Å². The van der Waals surface area contributed by atoms with Gasteiger partial charge in [0.25, 0.3) is 0 Å². The summed E-state index contributed by atoms with van der Waals surface area (Å²) in [5.41, 5.74) is -0.00539. The molecule has 1 rings (SSSR count). The van der Waals surface area contributed by atoms with E-state index in [9.17, 15) is 14.0 Å². The van der Waals surface area contributed by atoms with Gasteiger partial charge in [0.1, 0.15) is 11.9 Å². The molecule has 0 bridgehead atoms. The third kappa shape index (κ3) is 4.31. The molecule has 1 atom stereocenters. The van der Waals surface area contributed by atoms with E-state index in [1.165, 1.54) is 19.1 Å². The highest BCUT2D eigenvalue weighted by molar-refractivity contribution is 6.30. The van der Waals surface area contributed by atoms with Gasteiger partial charge in [-0.25, -0.2) is 4.39 Å². The van der Waals surface area contributed by atoms with Crippen LogP contribution in [0.5, 0.6) is 0 Å². The summed E-state index contributed by atoms with van der Waals surface area (Å²) >= 11 is 5.56. The standard InChI is InChI=1S/C11H12ClFN2O3/c1-6(11(17)18)14-5-10(16)15-9-3-2-7(12)4-8(9)13/h2-4,6,14H,5H2,1H3,(H,15,16)(H,17,18)/t6-/m1/s1. The third-order valence-corrected chi connectivity index (χ3v) is 2.38. The van der Waals surface area contributed by atoms with Crippen molar-refractivity contribution in [3.8, 4) is 0 Å². The van der Waals surface area contributed by atoms with Crippen LogP contribution in [0.4, 0.5) is 10.1 Å². The van der Waals surface area contributed by atoms with Crippen molar-refractivity contribution < 1.29 is 19.1 Å². The monoisotopic (exact) mass is 274 g/mol. The topological polar surface area (TPSA) is 78.4 Å². The number of rotatable bonds is 5. The van der Waals surface area contributed by atoms with Gasteiger partial charge in [-0.2, -0.15) is 0 Å². The lowest BCUT2D eigenvalue weighted by Gasteiger charge is -2.10. The quantitative estimate of drug-likeness (QED) is 0.760. The minimum atomic E-state index is -1.07. The number of carbonyl (C=O) groups is 2. The number of amides is 1. The fourth-order valence-corrected chi connectivity index (χ4v) is 1.28. The summed E-state index contributed by atoms with van der Waals surface area (Å²) in [5, 5.41) is 13.6. The summed E-state index contributed by atoms with van der Waals surface area (Å²) in [5.74, 6) is -2.26. The van der Waals surface area contributed by atoms with Gasteiger partial charge in [0, 0.05) is 5.02 Å². The smallest absolute Gasteiger partial charge is 0.320 e. The van der Waals surface area contributed by atoms with Crippen LogP contribution in [-0.4, -0.2) is 29.6 Å². The summed E-state index contributed by atoms with van der Waals surface area (Å²) in [6, 6.07) is 2.99. The third-order valence-electron chi connectivity index (χ3n) is 2.14. The number of carboxylic acids is 1. The van der Waals surface area contributed by atoms with Crippen LogP contribution in [0.2, 0.25) is 5.02 Å². The highest BCUT2D eigenvalue weighted by Gasteiger charge is 2.12. The first-order chi connectivity index (χ1) is 8.40. The first-order valence-electron chi connectivity index (χ1n) is 5.11. The Morgan fingerprint density at radius 3 is 2.72 bits per heavy atom. The number of carbonyl (C=O) groups excluding carboxylic acids is 1. The van der Waals surface area contributed by atoms with Gasteiger partial charge in [0.15, 0.2) is 0 Å². The van der Waals surface area contributed by atoms with Gasteiger partial charge >= 0.3 is 5.97 Å². The molecular formula is C11H12ClFN2O3.